The van der Waals surface area contributed by atoms with Crippen molar-refractivity contribution in [3.63, 3.8) is 0 Å². The summed E-state index contributed by atoms with van der Waals surface area (Å²) in [5.41, 5.74) is 3.79. The van der Waals surface area contributed by atoms with Gasteiger partial charge in [0.05, 0.1) is 6.26 Å². The van der Waals surface area contributed by atoms with Gasteiger partial charge < -0.3 is 0 Å². The Bertz CT molecular complexity index is 383. The molecule has 3 nitrogen and oxygen atoms in total. The Labute approximate surface area is 151 Å². The lowest BCUT2D eigenvalue weighted by atomic mass is 9.98. The van der Waals surface area contributed by atoms with E-state index in [4.69, 9.17) is 4.55 Å². The summed E-state index contributed by atoms with van der Waals surface area (Å²) in [6.07, 6.45) is 24.7. The van der Waals surface area contributed by atoms with Crippen molar-refractivity contribution in [2.75, 3.05) is 6.26 Å². The normalized spacial score (nSPS) is 25.3. The molecule has 3 aliphatic rings. The van der Waals surface area contributed by atoms with Crippen molar-refractivity contribution in [2.45, 2.75) is 113 Å². The molecule has 0 heterocycles. The fraction of sp³-hybridized carbons (Fsp3) is 1.00. The molecule has 0 unspecified atom stereocenters. The molecule has 0 atom stereocenters. The molecule has 24 heavy (non-hydrogen) atoms. The minimum Gasteiger partial charge on any atom is -0.286 e. The van der Waals surface area contributed by atoms with E-state index in [-0.39, 0.29) is 0 Å². The predicted octanol–water partition coefficient (Wildman–Crippen LogP) is 5.72. The van der Waals surface area contributed by atoms with E-state index in [1.165, 1.54) is 16.6 Å². The van der Waals surface area contributed by atoms with Crippen LogP contribution in [0.25, 0.3) is 0 Å². The molecule has 0 amide bonds. The minimum absolute atomic E-state index is 0.478. The van der Waals surface area contributed by atoms with Crippen molar-refractivity contribution in [1.29, 1.82) is 0 Å². The molecule has 0 saturated heterocycles. The lowest BCUT2D eigenvalue weighted by Crippen LogP contribution is -2.35. The molecule has 0 spiro atoms. The Balaban J connectivity index is 0.000000368. The highest BCUT2D eigenvalue weighted by Gasteiger charge is 2.38. The summed E-state index contributed by atoms with van der Waals surface area (Å²) in [6, 6.07) is 0. The van der Waals surface area contributed by atoms with Crippen LogP contribution in [-0.4, -0.2) is 28.0 Å². The maximum atomic E-state index is 9.19. The van der Waals surface area contributed by atoms with E-state index in [0.29, 0.717) is 6.26 Å². The van der Waals surface area contributed by atoms with Crippen LogP contribution >= 0.6 is 0 Å². The maximum Gasteiger partial charge on any atom is 0.261 e. The molecule has 0 aliphatic heterocycles. The molecule has 0 bridgehead atoms. The Hall–Kier alpha value is 0.127. The summed E-state index contributed by atoms with van der Waals surface area (Å²) in [5.74, 6) is 0. The summed E-state index contributed by atoms with van der Waals surface area (Å²) in [7, 11) is -4.14. The highest BCUT2D eigenvalue weighted by atomic mass is 32.2. The third-order valence-corrected chi connectivity index (χ3v) is 11.8. The van der Waals surface area contributed by atoms with Gasteiger partial charge in [0.15, 0.2) is 0 Å². The van der Waals surface area contributed by atoms with Gasteiger partial charge in [0.25, 0.3) is 10.1 Å². The molecule has 1 N–H and O–H groups in total. The van der Waals surface area contributed by atoms with Gasteiger partial charge in [-0.2, -0.15) is 8.42 Å². The third kappa shape index (κ3) is 7.57. The van der Waals surface area contributed by atoms with E-state index in [1.807, 2.05) is 0 Å². The van der Waals surface area contributed by atoms with Crippen LogP contribution < -0.4 is 0 Å². The molecule has 3 rings (SSSR count). The van der Waals surface area contributed by atoms with Crippen LogP contribution in [0.5, 0.6) is 0 Å². The summed E-state index contributed by atoms with van der Waals surface area (Å²) in [5, 5.41) is 0. The fourth-order valence-corrected chi connectivity index (χ4v) is 11.7. The molecular formula is C19H38O3SSi. The molecule has 0 aromatic heterocycles. The number of hydrogen-bond donors (Lipinski definition) is 1. The molecule has 0 aromatic rings. The van der Waals surface area contributed by atoms with Gasteiger partial charge in [-0.3, -0.25) is 4.55 Å². The second kappa shape index (κ2) is 10.3. The Morgan fingerprint density at radius 1 is 0.625 bits per heavy atom. The fourth-order valence-electron chi connectivity index (χ4n) is 5.71. The lowest BCUT2D eigenvalue weighted by molar-refractivity contribution is 0.429. The zero-order valence-electron chi connectivity index (χ0n) is 15.6. The van der Waals surface area contributed by atoms with Gasteiger partial charge in [0.2, 0.25) is 0 Å². The van der Waals surface area contributed by atoms with Crippen LogP contribution in [0.3, 0.4) is 0 Å². The molecule has 0 aromatic carbocycles. The van der Waals surface area contributed by atoms with Gasteiger partial charge in [-0.15, -0.1) is 0 Å². The highest BCUT2D eigenvalue weighted by molar-refractivity contribution is 7.85. The number of hydrogen-bond acceptors (Lipinski definition) is 2. The SMILES string of the molecule is C1CCC([SiH](C2CCCCC2)C2CCCCC2)CC1.CS(=O)(=O)O. The van der Waals surface area contributed by atoms with E-state index in [2.05, 4.69) is 0 Å². The average molecular weight is 375 g/mol. The van der Waals surface area contributed by atoms with Crippen LogP contribution in [0.15, 0.2) is 0 Å². The molecule has 5 heteroatoms. The predicted molar refractivity (Wildman–Crippen MR) is 105 cm³/mol. The molecule has 3 aliphatic carbocycles. The summed E-state index contributed by atoms with van der Waals surface area (Å²) in [6.45, 7) is 0. The average Bonchev–Trinajstić information content (AvgIpc) is 2.57. The first-order valence-electron chi connectivity index (χ1n) is 10.4. The Morgan fingerprint density at radius 3 is 1.04 bits per heavy atom. The van der Waals surface area contributed by atoms with Crippen molar-refractivity contribution in [1.82, 2.24) is 0 Å². The highest BCUT2D eigenvalue weighted by Crippen LogP contribution is 2.49. The van der Waals surface area contributed by atoms with Gasteiger partial charge in [-0.05, 0) is 16.6 Å². The van der Waals surface area contributed by atoms with Crippen molar-refractivity contribution < 1.29 is 13.0 Å². The van der Waals surface area contributed by atoms with Crippen molar-refractivity contribution in [3.8, 4) is 0 Å². The van der Waals surface area contributed by atoms with Gasteiger partial charge in [0, 0.05) is 8.80 Å². The minimum atomic E-state index is -3.67. The number of rotatable bonds is 3. The zero-order chi connectivity index (χ0) is 17.4. The van der Waals surface area contributed by atoms with E-state index < -0.39 is 18.9 Å². The summed E-state index contributed by atoms with van der Waals surface area (Å²) >= 11 is 0. The van der Waals surface area contributed by atoms with Crippen molar-refractivity contribution in [3.05, 3.63) is 0 Å². The van der Waals surface area contributed by atoms with Crippen molar-refractivity contribution in [2.24, 2.45) is 0 Å². The monoisotopic (exact) mass is 374 g/mol. The molecule has 142 valence electrons. The van der Waals surface area contributed by atoms with Gasteiger partial charge in [-0.25, -0.2) is 0 Å². The third-order valence-electron chi connectivity index (χ3n) is 6.58. The maximum absolute atomic E-state index is 9.19. The first kappa shape index (κ1) is 20.4. The van der Waals surface area contributed by atoms with E-state index in [1.54, 1.807) is 96.3 Å². The standard InChI is InChI=1S/C18H34Si.CH4O3S/c1-4-10-16(11-5-1)19(17-12-6-2-7-13-17)18-14-8-3-9-15-18;1-5(2,3)4/h16-19H,1-15H2;1H3,(H,2,3,4). The second-order valence-corrected chi connectivity index (χ2v) is 14.0. The van der Waals surface area contributed by atoms with Gasteiger partial charge >= 0.3 is 0 Å². The van der Waals surface area contributed by atoms with E-state index >= 15 is 0 Å². The van der Waals surface area contributed by atoms with Crippen molar-refractivity contribution >= 4 is 18.9 Å². The van der Waals surface area contributed by atoms with Gasteiger partial charge in [-0.1, -0.05) is 96.3 Å². The Kier molecular flexibility index (Phi) is 8.79. The van der Waals surface area contributed by atoms with Crippen LogP contribution in [0.1, 0.15) is 96.3 Å². The lowest BCUT2D eigenvalue weighted by Gasteiger charge is -2.42. The second-order valence-electron chi connectivity index (χ2n) is 8.50. The first-order valence-corrected chi connectivity index (χ1v) is 14.2. The first-order chi connectivity index (χ1) is 11.4. The Morgan fingerprint density at radius 2 is 0.833 bits per heavy atom. The van der Waals surface area contributed by atoms with Gasteiger partial charge in [0.1, 0.15) is 0 Å². The molecule has 3 saturated carbocycles. The smallest absolute Gasteiger partial charge is 0.261 e. The van der Waals surface area contributed by atoms with Crippen LogP contribution in [-0.2, 0) is 10.1 Å². The summed E-state index contributed by atoms with van der Waals surface area (Å²) < 4.78 is 25.9. The largest absolute Gasteiger partial charge is 0.286 e. The summed E-state index contributed by atoms with van der Waals surface area (Å²) in [4.78, 5) is 0. The topological polar surface area (TPSA) is 54.4 Å². The van der Waals surface area contributed by atoms with Crippen LogP contribution in [0, 0.1) is 0 Å². The van der Waals surface area contributed by atoms with Crippen LogP contribution in [0.2, 0.25) is 16.6 Å². The molecule has 3 fully saturated rings. The molecule has 0 radical (unpaired) electrons. The molecular weight excluding hydrogens is 336 g/mol. The quantitative estimate of drug-likeness (QED) is 0.507. The zero-order valence-corrected chi connectivity index (χ0v) is 17.6. The van der Waals surface area contributed by atoms with Crippen LogP contribution in [0.4, 0.5) is 0 Å². The van der Waals surface area contributed by atoms with E-state index in [0.717, 1.165) is 0 Å². The van der Waals surface area contributed by atoms with E-state index in [9.17, 15) is 8.42 Å².